The lowest BCUT2D eigenvalue weighted by Crippen LogP contribution is -2.75. The van der Waals surface area contributed by atoms with Gasteiger partial charge in [0.15, 0.2) is 12.3 Å². The lowest BCUT2D eigenvalue weighted by molar-refractivity contribution is -0.451. The Kier molecular flexibility index (Phi) is 9.49. The Labute approximate surface area is 189 Å². The first kappa shape index (κ1) is 35.5. The van der Waals surface area contributed by atoms with Crippen LogP contribution in [-0.4, -0.2) is 85.7 Å². The minimum absolute atomic E-state index is 2.01. The Morgan fingerprint density at radius 2 is 0.811 bits per heavy atom. The third kappa shape index (κ3) is 5.48. The molecule has 0 bridgehead atoms. The lowest BCUT2D eigenvalue weighted by atomic mass is 9.87. The molecule has 0 amide bonds. The van der Waals surface area contributed by atoms with E-state index in [1.54, 1.807) is 0 Å². The zero-order valence-electron chi connectivity index (χ0n) is 16.0. The van der Waals surface area contributed by atoms with Gasteiger partial charge in [-0.3, -0.25) is 4.55 Å². The molecule has 0 saturated carbocycles. The highest BCUT2D eigenvalue weighted by Crippen LogP contribution is 2.63. The summed E-state index contributed by atoms with van der Waals surface area (Å²) in [5.41, 5.74) is 0. The van der Waals surface area contributed by atoms with E-state index >= 15 is 0 Å². The average Bonchev–Trinajstić information content (AvgIpc) is 2.69. The molecule has 37 heavy (non-hydrogen) atoms. The zero-order valence-corrected chi connectivity index (χ0v) is 16.8. The van der Waals surface area contributed by atoms with Gasteiger partial charge in [0.25, 0.3) is 12.8 Å². The molecule has 0 aromatic rings. The fourth-order valence-corrected chi connectivity index (χ4v) is 2.33. The molecule has 4 atom stereocenters. The number of hydrogen-bond donors (Lipinski definition) is 1. The molecule has 0 rings (SSSR count). The van der Waals surface area contributed by atoms with Crippen molar-refractivity contribution in [1.29, 1.82) is 0 Å². The van der Waals surface area contributed by atoms with Gasteiger partial charge in [0.05, 0.1) is 0 Å². The van der Waals surface area contributed by atoms with Crippen molar-refractivity contribution in [3.05, 3.63) is 0 Å². The van der Waals surface area contributed by atoms with E-state index in [0.29, 0.717) is 0 Å². The van der Waals surface area contributed by atoms with Crippen LogP contribution in [-0.2, 0) is 14.6 Å². The normalized spacial score (nSPS) is 19.1. The largest absolute Gasteiger partial charge is 0.400 e. The quantitative estimate of drug-likeness (QED) is 0.207. The standard InChI is InChI=1S/C12H6F20O4S/c13-1(2(14)4(16)17)3(15)6(19,20)8(23,24)10(27,28)12(31,32)11(29,30)9(25,26)7(21,22)5(18)36-37(33,34)35/h1-5H,(H,33,34,35). The fourth-order valence-electron chi connectivity index (χ4n) is 1.99. The van der Waals surface area contributed by atoms with E-state index in [0.717, 1.165) is 0 Å². The van der Waals surface area contributed by atoms with Crippen LogP contribution in [0.25, 0.3) is 0 Å². The van der Waals surface area contributed by atoms with Gasteiger partial charge in [0.2, 0.25) is 6.17 Å². The summed E-state index contributed by atoms with van der Waals surface area (Å²) in [5.74, 6) is -59.8. The highest BCUT2D eigenvalue weighted by atomic mass is 32.3. The van der Waals surface area contributed by atoms with E-state index in [4.69, 9.17) is 4.55 Å². The summed E-state index contributed by atoms with van der Waals surface area (Å²) < 4.78 is 293. The minimum Gasteiger partial charge on any atom is -0.263 e. The predicted octanol–water partition coefficient (Wildman–Crippen LogP) is 5.83. The maximum absolute atomic E-state index is 13.5. The van der Waals surface area contributed by atoms with Crippen molar-refractivity contribution in [3.63, 3.8) is 0 Å². The topological polar surface area (TPSA) is 63.6 Å². The molecule has 0 aromatic carbocycles. The van der Waals surface area contributed by atoms with Gasteiger partial charge < -0.3 is 0 Å². The molecule has 1 N–H and O–H groups in total. The second-order valence-corrected chi connectivity index (χ2v) is 7.63. The van der Waals surface area contributed by atoms with Crippen LogP contribution in [0.5, 0.6) is 0 Å². The molecule has 4 unspecified atom stereocenters. The highest BCUT2D eigenvalue weighted by molar-refractivity contribution is 7.80. The number of halogens is 20. The van der Waals surface area contributed by atoms with Crippen molar-refractivity contribution in [1.82, 2.24) is 0 Å². The Bertz CT molecular complexity index is 903. The van der Waals surface area contributed by atoms with E-state index in [2.05, 4.69) is 0 Å². The van der Waals surface area contributed by atoms with E-state index in [-0.39, 0.29) is 0 Å². The molecule has 0 aliphatic rings. The van der Waals surface area contributed by atoms with Crippen LogP contribution < -0.4 is 0 Å². The van der Waals surface area contributed by atoms with Crippen LogP contribution in [0.15, 0.2) is 0 Å². The molecule has 0 aliphatic carbocycles. The van der Waals surface area contributed by atoms with Gasteiger partial charge in [-0.2, -0.15) is 69.9 Å². The maximum Gasteiger partial charge on any atom is 0.400 e. The Morgan fingerprint density at radius 1 is 0.514 bits per heavy atom. The Balaban J connectivity index is 6.79. The summed E-state index contributed by atoms with van der Waals surface area (Å²) >= 11 is 0. The first-order valence-electron chi connectivity index (χ1n) is 7.95. The van der Waals surface area contributed by atoms with Crippen LogP contribution in [0.2, 0.25) is 0 Å². The summed E-state index contributed by atoms with van der Waals surface area (Å²) in [7, 11) is -6.70. The van der Waals surface area contributed by atoms with Gasteiger partial charge in [-0.25, -0.2) is 30.5 Å². The second-order valence-electron chi connectivity index (χ2n) is 6.58. The molecule has 0 spiro atoms. The van der Waals surface area contributed by atoms with Crippen LogP contribution >= 0.6 is 0 Å². The van der Waals surface area contributed by atoms with E-state index in [1.165, 1.54) is 0 Å². The summed E-state index contributed by atoms with van der Waals surface area (Å²) in [6.07, 6.45) is -27.0. The fraction of sp³-hybridized carbons (Fsp3) is 1.00. The predicted molar refractivity (Wildman–Crippen MR) is 72.9 cm³/mol. The molecule has 0 fully saturated rings. The van der Waals surface area contributed by atoms with E-state index in [1.807, 2.05) is 4.18 Å². The molecular formula is C12H6F20O4S. The SMILES string of the molecule is O=S(=O)(O)OC(F)C(F)(F)C(F)(F)C(F)(F)C(F)(F)C(F)(F)C(F)(F)C(F)(F)C(F)C(F)C(F)C(F)F. The summed E-state index contributed by atoms with van der Waals surface area (Å²) in [4.78, 5) is 0. The van der Waals surface area contributed by atoms with Crippen LogP contribution in [0, 0.1) is 0 Å². The molecule has 224 valence electrons. The van der Waals surface area contributed by atoms with Gasteiger partial charge in [-0.1, -0.05) is 0 Å². The van der Waals surface area contributed by atoms with Gasteiger partial charge in [0, 0.05) is 0 Å². The molecule has 4 nitrogen and oxygen atoms in total. The zero-order chi connectivity index (χ0) is 30.6. The Morgan fingerprint density at radius 3 is 1.11 bits per heavy atom. The molecule has 0 saturated heterocycles. The summed E-state index contributed by atoms with van der Waals surface area (Å²) in [5, 5.41) is 0. The van der Waals surface area contributed by atoms with Gasteiger partial charge in [-0.15, -0.1) is 0 Å². The number of alkyl halides is 20. The van der Waals surface area contributed by atoms with Gasteiger partial charge in [-0.05, 0) is 0 Å². The first-order valence-corrected chi connectivity index (χ1v) is 9.32. The minimum atomic E-state index is -9.00. The highest BCUT2D eigenvalue weighted by Gasteiger charge is 2.94. The molecule has 0 heterocycles. The summed E-state index contributed by atoms with van der Waals surface area (Å²) in [6.45, 7) is 0. The van der Waals surface area contributed by atoms with Crippen molar-refractivity contribution in [3.8, 4) is 0 Å². The first-order chi connectivity index (χ1) is 15.8. The number of rotatable bonds is 13. The van der Waals surface area contributed by atoms with Crippen molar-refractivity contribution in [2.45, 2.75) is 72.8 Å². The van der Waals surface area contributed by atoms with Crippen molar-refractivity contribution < 1.29 is 105 Å². The number of hydrogen-bond acceptors (Lipinski definition) is 3. The van der Waals surface area contributed by atoms with E-state index < -0.39 is 83.2 Å². The lowest BCUT2D eigenvalue weighted by Gasteiger charge is -2.43. The molecule has 0 aliphatic heterocycles. The average molecular weight is 626 g/mol. The molecule has 0 radical (unpaired) electrons. The third-order valence-electron chi connectivity index (χ3n) is 4.08. The monoisotopic (exact) mass is 626 g/mol. The van der Waals surface area contributed by atoms with Crippen LogP contribution in [0.4, 0.5) is 87.8 Å². The van der Waals surface area contributed by atoms with Crippen molar-refractivity contribution in [2.75, 3.05) is 0 Å². The summed E-state index contributed by atoms with van der Waals surface area (Å²) in [6, 6.07) is 0. The Hall–Kier alpha value is -1.53. The van der Waals surface area contributed by atoms with Gasteiger partial charge in [0.1, 0.15) is 0 Å². The molecular weight excluding hydrogens is 620 g/mol. The second kappa shape index (κ2) is 9.89. The molecule has 25 heteroatoms. The molecule has 0 aromatic heterocycles. The third-order valence-corrected chi connectivity index (χ3v) is 4.49. The van der Waals surface area contributed by atoms with E-state index in [9.17, 15) is 96.2 Å². The smallest absolute Gasteiger partial charge is 0.263 e. The van der Waals surface area contributed by atoms with Crippen LogP contribution in [0.3, 0.4) is 0 Å². The van der Waals surface area contributed by atoms with Gasteiger partial charge >= 0.3 is 51.9 Å². The van der Waals surface area contributed by atoms with Crippen LogP contribution in [0.1, 0.15) is 0 Å². The maximum atomic E-state index is 13.5. The van der Waals surface area contributed by atoms with Crippen molar-refractivity contribution in [2.24, 2.45) is 0 Å². The van der Waals surface area contributed by atoms with Crippen molar-refractivity contribution >= 4 is 10.4 Å².